The van der Waals surface area contributed by atoms with E-state index >= 15 is 0 Å². The Morgan fingerprint density at radius 2 is 1.73 bits per heavy atom. The third-order valence-corrected chi connectivity index (χ3v) is 6.85. The monoisotopic (exact) mass is 436 g/mol. The molecule has 6 rings (SSSR count). The number of hydrogen-bond acceptors (Lipinski definition) is 3. The van der Waals surface area contributed by atoms with Gasteiger partial charge in [-0.05, 0) is 54.3 Å². The Morgan fingerprint density at radius 1 is 0.879 bits per heavy atom. The van der Waals surface area contributed by atoms with Gasteiger partial charge in [-0.25, -0.2) is 9.37 Å². The Kier molecular flexibility index (Phi) is 5.14. The van der Waals surface area contributed by atoms with E-state index in [9.17, 15) is 4.39 Å². The molecule has 0 unspecified atom stereocenters. The largest absolute Gasteiger partial charge is 0.437 e. The number of rotatable bonds is 4. The normalized spacial score (nSPS) is 14.8. The molecule has 4 heteroatoms. The molecule has 0 spiro atoms. The van der Waals surface area contributed by atoms with Crippen LogP contribution in [0.4, 0.5) is 4.39 Å². The van der Waals surface area contributed by atoms with Gasteiger partial charge in [-0.1, -0.05) is 62.4 Å². The molecule has 0 radical (unpaired) electrons. The van der Waals surface area contributed by atoms with Crippen LogP contribution < -0.4 is 0 Å². The highest BCUT2D eigenvalue weighted by Gasteiger charge is 2.19. The van der Waals surface area contributed by atoms with Crippen molar-refractivity contribution in [3.05, 3.63) is 84.3 Å². The minimum absolute atomic E-state index is 0.305. The Balaban J connectivity index is 1.44. The molecule has 1 aliphatic rings. The number of furan rings is 1. The lowest BCUT2D eigenvalue weighted by atomic mass is 9.85. The number of nitrogens with zero attached hydrogens (tertiary/aromatic N) is 2. The van der Waals surface area contributed by atoms with Gasteiger partial charge in [0.25, 0.3) is 0 Å². The van der Waals surface area contributed by atoms with Crippen LogP contribution in [0.15, 0.2) is 77.3 Å². The molecule has 3 nitrogen and oxygen atoms in total. The lowest BCUT2D eigenvalue weighted by molar-refractivity contribution is 0.356. The Labute approximate surface area is 192 Å². The number of halogens is 1. The summed E-state index contributed by atoms with van der Waals surface area (Å²) in [7, 11) is 0. The van der Waals surface area contributed by atoms with Crippen molar-refractivity contribution in [2.24, 2.45) is 5.92 Å². The molecule has 1 aliphatic carbocycles. The van der Waals surface area contributed by atoms with E-state index in [1.807, 2.05) is 48.7 Å². The molecule has 0 amide bonds. The zero-order valence-corrected chi connectivity index (χ0v) is 18.4. The highest BCUT2D eigenvalue weighted by atomic mass is 19.1. The van der Waals surface area contributed by atoms with E-state index in [0.29, 0.717) is 22.1 Å². The van der Waals surface area contributed by atoms with Gasteiger partial charge in [-0.2, -0.15) is 0 Å². The lowest BCUT2D eigenvalue weighted by Crippen LogP contribution is -2.09. The fourth-order valence-corrected chi connectivity index (χ4v) is 5.17. The zero-order chi connectivity index (χ0) is 22.2. The van der Waals surface area contributed by atoms with Crippen LogP contribution in [0.3, 0.4) is 0 Å². The number of pyridine rings is 2. The fourth-order valence-electron chi connectivity index (χ4n) is 5.17. The Bertz CT molecular complexity index is 1430. The summed E-state index contributed by atoms with van der Waals surface area (Å²) in [6.07, 6.45) is 9.56. The maximum atomic E-state index is 14.9. The van der Waals surface area contributed by atoms with Crippen LogP contribution in [-0.4, -0.2) is 9.97 Å². The van der Waals surface area contributed by atoms with E-state index in [2.05, 4.69) is 17.1 Å². The fraction of sp³-hybridized carbons (Fsp3) is 0.241. The standard InChI is InChI=1S/C29H25FN2O/c30-24-13-11-22(26-18-20(15-16-31-26)17-19-7-3-1-4-8-19)28-27(24)23-12-14-25(32-29(23)33-28)21-9-5-2-6-10-21/h2,5-6,9-16,18-19H,1,3-4,7-8,17H2. The molecule has 33 heavy (non-hydrogen) atoms. The number of fused-ring (bicyclic) bond motifs is 3. The van der Waals surface area contributed by atoms with E-state index in [0.717, 1.165) is 34.9 Å². The van der Waals surface area contributed by atoms with Gasteiger partial charge in [0, 0.05) is 17.3 Å². The molecule has 2 aromatic carbocycles. The summed E-state index contributed by atoms with van der Waals surface area (Å²) in [5.74, 6) is 0.439. The Hall–Kier alpha value is -3.53. The summed E-state index contributed by atoms with van der Waals surface area (Å²) in [5, 5.41) is 1.15. The van der Waals surface area contributed by atoms with Crippen molar-refractivity contribution >= 4 is 22.1 Å². The van der Waals surface area contributed by atoms with Crippen LogP contribution >= 0.6 is 0 Å². The number of aromatic nitrogens is 2. The quantitative estimate of drug-likeness (QED) is 0.287. The lowest BCUT2D eigenvalue weighted by Gasteiger charge is -2.21. The molecule has 3 aromatic heterocycles. The molecule has 0 aliphatic heterocycles. The van der Waals surface area contributed by atoms with Gasteiger partial charge in [0.1, 0.15) is 11.4 Å². The van der Waals surface area contributed by atoms with Gasteiger partial charge in [-0.15, -0.1) is 0 Å². The molecule has 3 heterocycles. The molecule has 0 N–H and O–H groups in total. The summed E-state index contributed by atoms with van der Waals surface area (Å²) in [6.45, 7) is 0. The first-order chi connectivity index (χ1) is 16.3. The van der Waals surface area contributed by atoms with E-state index in [-0.39, 0.29) is 5.82 Å². The van der Waals surface area contributed by atoms with Crippen molar-refractivity contribution in [3.63, 3.8) is 0 Å². The van der Waals surface area contributed by atoms with Gasteiger partial charge in [0.2, 0.25) is 5.71 Å². The van der Waals surface area contributed by atoms with Crippen molar-refractivity contribution < 1.29 is 8.81 Å². The van der Waals surface area contributed by atoms with Crippen molar-refractivity contribution in [2.45, 2.75) is 38.5 Å². The molecule has 1 fully saturated rings. The molecule has 5 aromatic rings. The molecule has 164 valence electrons. The second-order valence-electron chi connectivity index (χ2n) is 9.07. The van der Waals surface area contributed by atoms with Crippen LogP contribution in [0.5, 0.6) is 0 Å². The van der Waals surface area contributed by atoms with Gasteiger partial charge >= 0.3 is 0 Å². The molecule has 1 saturated carbocycles. The minimum Gasteiger partial charge on any atom is -0.437 e. The second kappa shape index (κ2) is 8.43. The third kappa shape index (κ3) is 3.80. The van der Waals surface area contributed by atoms with Crippen LogP contribution in [0.2, 0.25) is 0 Å². The summed E-state index contributed by atoms with van der Waals surface area (Å²) in [4.78, 5) is 9.31. The average molecular weight is 437 g/mol. The summed E-state index contributed by atoms with van der Waals surface area (Å²) < 4.78 is 21.1. The van der Waals surface area contributed by atoms with Gasteiger partial charge in [0.15, 0.2) is 0 Å². The van der Waals surface area contributed by atoms with Crippen molar-refractivity contribution in [3.8, 4) is 22.5 Å². The molecule has 0 atom stereocenters. The first-order valence-electron chi connectivity index (χ1n) is 11.8. The van der Waals surface area contributed by atoms with Crippen molar-refractivity contribution in [1.29, 1.82) is 0 Å². The summed E-state index contributed by atoms with van der Waals surface area (Å²) in [5.41, 5.74) is 5.65. The second-order valence-corrected chi connectivity index (χ2v) is 9.07. The SMILES string of the molecule is Fc1ccc(-c2cc(CC3CCCCC3)ccn2)c2oc3nc(-c4ccccc4)ccc3c12. The van der Waals surface area contributed by atoms with Crippen LogP contribution in [0, 0.1) is 11.7 Å². The minimum atomic E-state index is -0.305. The van der Waals surface area contributed by atoms with E-state index in [1.165, 1.54) is 43.7 Å². The van der Waals surface area contributed by atoms with Crippen LogP contribution in [0.25, 0.3) is 44.6 Å². The van der Waals surface area contributed by atoms with E-state index in [4.69, 9.17) is 9.40 Å². The molecule has 0 bridgehead atoms. The summed E-state index contributed by atoms with van der Waals surface area (Å²) in [6, 6.07) is 21.3. The highest BCUT2D eigenvalue weighted by Crippen LogP contribution is 2.37. The van der Waals surface area contributed by atoms with Crippen LogP contribution in [-0.2, 0) is 6.42 Å². The predicted octanol–water partition coefficient (Wildman–Crippen LogP) is 7.97. The smallest absolute Gasteiger partial charge is 0.228 e. The van der Waals surface area contributed by atoms with Crippen molar-refractivity contribution in [1.82, 2.24) is 9.97 Å². The Morgan fingerprint density at radius 3 is 2.58 bits per heavy atom. The summed E-state index contributed by atoms with van der Waals surface area (Å²) >= 11 is 0. The maximum absolute atomic E-state index is 14.9. The molecular weight excluding hydrogens is 411 g/mol. The van der Waals surface area contributed by atoms with E-state index < -0.39 is 0 Å². The first kappa shape index (κ1) is 20.1. The number of benzene rings is 2. The topological polar surface area (TPSA) is 38.9 Å². The van der Waals surface area contributed by atoms with Gasteiger partial charge in [-0.3, -0.25) is 4.98 Å². The van der Waals surface area contributed by atoms with Crippen molar-refractivity contribution in [2.75, 3.05) is 0 Å². The third-order valence-electron chi connectivity index (χ3n) is 6.85. The van der Waals surface area contributed by atoms with E-state index in [1.54, 1.807) is 6.07 Å². The zero-order valence-electron chi connectivity index (χ0n) is 18.4. The molecular formula is C29H25FN2O. The van der Waals surface area contributed by atoms with Gasteiger partial charge in [0.05, 0.1) is 22.2 Å². The maximum Gasteiger partial charge on any atom is 0.228 e. The predicted molar refractivity (Wildman–Crippen MR) is 130 cm³/mol. The number of hydrogen-bond donors (Lipinski definition) is 0. The highest BCUT2D eigenvalue weighted by molar-refractivity contribution is 6.09. The first-order valence-corrected chi connectivity index (χ1v) is 11.8. The molecule has 0 saturated heterocycles. The average Bonchev–Trinajstić information content (AvgIpc) is 3.25. The van der Waals surface area contributed by atoms with Crippen LogP contribution in [0.1, 0.15) is 37.7 Å². The van der Waals surface area contributed by atoms with Gasteiger partial charge < -0.3 is 4.42 Å².